The third kappa shape index (κ3) is 12.1. The summed E-state index contributed by atoms with van der Waals surface area (Å²) in [7, 11) is -0.278. The van der Waals surface area contributed by atoms with Gasteiger partial charge in [0.2, 0.25) is 0 Å². The van der Waals surface area contributed by atoms with Crippen molar-refractivity contribution >= 4 is 26.6 Å². The highest BCUT2D eigenvalue weighted by Gasteiger charge is 2.01. The van der Waals surface area contributed by atoms with Crippen LogP contribution in [0.1, 0.15) is 46.0 Å². The summed E-state index contributed by atoms with van der Waals surface area (Å²) in [5, 5.41) is 0.376. The zero-order valence-corrected chi connectivity index (χ0v) is 12.3. The molecule has 0 radical (unpaired) electrons. The van der Waals surface area contributed by atoms with Gasteiger partial charge in [0.25, 0.3) is 0 Å². The fraction of sp³-hybridized carbons (Fsp3) is 0.909. The largest absolute Gasteiger partial charge is 0.424 e. The van der Waals surface area contributed by atoms with E-state index in [2.05, 4.69) is 6.92 Å². The van der Waals surface area contributed by atoms with Crippen molar-refractivity contribution in [3.63, 3.8) is 0 Å². The van der Waals surface area contributed by atoms with Crippen LogP contribution in [0.5, 0.6) is 0 Å². The van der Waals surface area contributed by atoms with Gasteiger partial charge in [-0.15, -0.1) is 0 Å². The molecule has 0 aromatic carbocycles. The molecular formula is C11H24O2SSi. The van der Waals surface area contributed by atoms with Gasteiger partial charge in [0.1, 0.15) is 0 Å². The Morgan fingerprint density at radius 3 is 2.73 bits per heavy atom. The molecule has 0 saturated heterocycles. The van der Waals surface area contributed by atoms with Crippen molar-refractivity contribution in [2.24, 2.45) is 0 Å². The van der Waals surface area contributed by atoms with E-state index >= 15 is 0 Å². The van der Waals surface area contributed by atoms with Crippen LogP contribution in [0.2, 0.25) is 6.04 Å². The molecule has 15 heavy (non-hydrogen) atoms. The molecule has 0 bridgehead atoms. The van der Waals surface area contributed by atoms with E-state index in [0.717, 1.165) is 31.6 Å². The summed E-state index contributed by atoms with van der Waals surface area (Å²) in [5.74, 6) is 0.991. The zero-order valence-electron chi connectivity index (χ0n) is 10.1. The summed E-state index contributed by atoms with van der Waals surface area (Å²) < 4.78 is 5.36. The Morgan fingerprint density at radius 2 is 2.07 bits per heavy atom. The smallest absolute Gasteiger partial charge is 0.188 e. The lowest BCUT2D eigenvalue weighted by atomic mass is 10.2. The first-order chi connectivity index (χ1) is 7.31. The molecule has 0 aliphatic carbocycles. The summed E-state index contributed by atoms with van der Waals surface area (Å²) in [5.41, 5.74) is 0. The van der Waals surface area contributed by atoms with Crippen molar-refractivity contribution in [1.82, 2.24) is 0 Å². The number of unbranched alkanes of at least 4 members (excludes halogenated alkanes) is 2. The van der Waals surface area contributed by atoms with Crippen LogP contribution in [0.25, 0.3) is 0 Å². The monoisotopic (exact) mass is 248 g/mol. The highest BCUT2D eigenvalue weighted by atomic mass is 32.2. The van der Waals surface area contributed by atoms with Crippen LogP contribution < -0.4 is 0 Å². The Hall–Kier alpha value is 0.197. The zero-order chi connectivity index (χ0) is 11.4. The Labute approximate surface area is 100 Å². The van der Waals surface area contributed by atoms with Gasteiger partial charge in [-0.05, 0) is 25.8 Å². The molecule has 2 nitrogen and oxygen atoms in total. The SMILES string of the molecule is CCCCCC(=O)SCCC[SiH2]OCC. The van der Waals surface area contributed by atoms with E-state index in [1.165, 1.54) is 30.6 Å². The summed E-state index contributed by atoms with van der Waals surface area (Å²) in [6.07, 6.45) is 5.36. The summed E-state index contributed by atoms with van der Waals surface area (Å²) in [6.45, 7) is 5.06. The molecule has 0 heterocycles. The van der Waals surface area contributed by atoms with E-state index in [4.69, 9.17) is 4.43 Å². The number of hydrogen-bond donors (Lipinski definition) is 0. The van der Waals surface area contributed by atoms with Crippen LogP contribution in [0.15, 0.2) is 0 Å². The molecule has 0 amide bonds. The third-order valence-corrected chi connectivity index (χ3v) is 4.64. The maximum atomic E-state index is 11.3. The highest BCUT2D eigenvalue weighted by Crippen LogP contribution is 2.11. The summed E-state index contributed by atoms with van der Waals surface area (Å²) in [6, 6.07) is 1.21. The van der Waals surface area contributed by atoms with E-state index in [9.17, 15) is 4.79 Å². The van der Waals surface area contributed by atoms with Gasteiger partial charge in [0.05, 0.1) is 0 Å². The van der Waals surface area contributed by atoms with Crippen LogP contribution in [0.3, 0.4) is 0 Å². The normalized spacial score (nSPS) is 11.3. The molecule has 0 spiro atoms. The molecule has 0 aromatic rings. The van der Waals surface area contributed by atoms with Crippen LogP contribution in [-0.4, -0.2) is 27.2 Å². The van der Waals surface area contributed by atoms with E-state index < -0.39 is 0 Å². The molecule has 0 aromatic heterocycles. The lowest BCUT2D eigenvalue weighted by Gasteiger charge is -2.01. The standard InChI is InChI=1S/C11H24O2SSi/c1-3-5-6-8-11(12)14-9-7-10-15-13-4-2/h3-10,15H2,1-2H3. The van der Waals surface area contributed by atoms with Gasteiger partial charge in [0.15, 0.2) is 14.9 Å². The number of carbonyl (C=O) groups excluding carboxylic acids is 1. The second-order valence-corrected chi connectivity index (χ2v) is 6.26. The molecule has 0 N–H and O–H groups in total. The van der Waals surface area contributed by atoms with Crippen molar-refractivity contribution in [3.05, 3.63) is 0 Å². The Balaban J connectivity index is 3.10. The van der Waals surface area contributed by atoms with Crippen molar-refractivity contribution < 1.29 is 9.22 Å². The van der Waals surface area contributed by atoms with Crippen molar-refractivity contribution in [2.45, 2.75) is 52.0 Å². The molecular weight excluding hydrogens is 224 g/mol. The van der Waals surface area contributed by atoms with E-state index in [1.54, 1.807) is 0 Å². The summed E-state index contributed by atoms with van der Waals surface area (Å²) in [4.78, 5) is 11.3. The highest BCUT2D eigenvalue weighted by molar-refractivity contribution is 8.13. The lowest BCUT2D eigenvalue weighted by Crippen LogP contribution is -1.99. The number of hydrogen-bond acceptors (Lipinski definition) is 3. The second kappa shape index (κ2) is 12.3. The first-order valence-electron chi connectivity index (χ1n) is 6.04. The second-order valence-electron chi connectivity index (χ2n) is 3.58. The first kappa shape index (κ1) is 15.2. The third-order valence-electron chi connectivity index (χ3n) is 2.13. The van der Waals surface area contributed by atoms with Gasteiger partial charge in [-0.3, -0.25) is 4.79 Å². The van der Waals surface area contributed by atoms with Crippen molar-refractivity contribution in [2.75, 3.05) is 12.4 Å². The molecule has 0 rings (SSSR count). The molecule has 0 unspecified atom stereocenters. The predicted octanol–water partition coefficient (Wildman–Crippen LogP) is 2.76. The van der Waals surface area contributed by atoms with Crippen LogP contribution in [-0.2, 0) is 9.22 Å². The number of thioether (sulfide) groups is 1. The molecule has 0 fully saturated rings. The van der Waals surface area contributed by atoms with E-state index in [1.807, 2.05) is 6.92 Å². The van der Waals surface area contributed by atoms with Gasteiger partial charge in [-0.25, -0.2) is 0 Å². The maximum Gasteiger partial charge on any atom is 0.188 e. The van der Waals surface area contributed by atoms with Gasteiger partial charge < -0.3 is 4.43 Å². The molecule has 0 aliphatic heterocycles. The molecule has 0 atom stereocenters. The minimum absolute atomic E-state index is 0.278. The maximum absolute atomic E-state index is 11.3. The molecule has 0 saturated carbocycles. The van der Waals surface area contributed by atoms with E-state index in [-0.39, 0.29) is 9.76 Å². The predicted molar refractivity (Wildman–Crippen MR) is 71.2 cm³/mol. The van der Waals surface area contributed by atoms with Crippen molar-refractivity contribution in [3.8, 4) is 0 Å². The fourth-order valence-electron chi connectivity index (χ4n) is 1.23. The van der Waals surface area contributed by atoms with Gasteiger partial charge in [-0.2, -0.15) is 0 Å². The van der Waals surface area contributed by atoms with Crippen LogP contribution >= 0.6 is 11.8 Å². The average molecular weight is 248 g/mol. The van der Waals surface area contributed by atoms with Gasteiger partial charge >= 0.3 is 0 Å². The quantitative estimate of drug-likeness (QED) is 0.439. The molecule has 0 aliphatic rings. The van der Waals surface area contributed by atoms with E-state index in [0.29, 0.717) is 5.12 Å². The minimum Gasteiger partial charge on any atom is -0.424 e. The average Bonchev–Trinajstić information content (AvgIpc) is 2.23. The molecule has 4 heteroatoms. The Bertz CT molecular complexity index is 154. The van der Waals surface area contributed by atoms with Gasteiger partial charge in [-0.1, -0.05) is 31.5 Å². The fourth-order valence-corrected chi connectivity index (χ4v) is 3.40. The first-order valence-corrected chi connectivity index (χ1v) is 8.60. The Kier molecular flexibility index (Phi) is 12.4. The van der Waals surface area contributed by atoms with Crippen molar-refractivity contribution in [1.29, 1.82) is 0 Å². The van der Waals surface area contributed by atoms with Gasteiger partial charge in [0, 0.05) is 18.8 Å². The molecule has 90 valence electrons. The minimum atomic E-state index is -0.278. The lowest BCUT2D eigenvalue weighted by molar-refractivity contribution is -0.111. The topological polar surface area (TPSA) is 26.3 Å². The number of rotatable bonds is 10. The Morgan fingerprint density at radius 1 is 1.27 bits per heavy atom. The summed E-state index contributed by atoms with van der Waals surface area (Å²) >= 11 is 1.51. The van der Waals surface area contributed by atoms with Crippen LogP contribution in [0, 0.1) is 0 Å². The van der Waals surface area contributed by atoms with Crippen LogP contribution in [0.4, 0.5) is 0 Å². The number of carbonyl (C=O) groups is 1.